The molecule has 3 aromatic heterocycles. The third-order valence-electron chi connectivity index (χ3n) is 5.86. The number of carbonyl (C=O) groups excluding carboxylic acids is 1. The summed E-state index contributed by atoms with van der Waals surface area (Å²) in [5.74, 6) is 0.755. The first-order chi connectivity index (χ1) is 16.1. The molecule has 0 radical (unpaired) electrons. The molecule has 33 heavy (non-hydrogen) atoms. The van der Waals surface area contributed by atoms with Gasteiger partial charge in [-0.05, 0) is 43.9 Å². The molecule has 0 saturated carbocycles. The summed E-state index contributed by atoms with van der Waals surface area (Å²) >= 11 is 0. The van der Waals surface area contributed by atoms with Crippen LogP contribution >= 0.6 is 0 Å². The van der Waals surface area contributed by atoms with E-state index in [9.17, 15) is 9.18 Å². The van der Waals surface area contributed by atoms with Crippen molar-refractivity contribution in [3.8, 4) is 11.3 Å². The van der Waals surface area contributed by atoms with Crippen molar-refractivity contribution in [3.05, 3.63) is 77.7 Å². The van der Waals surface area contributed by atoms with E-state index in [1.165, 1.54) is 12.1 Å². The van der Waals surface area contributed by atoms with E-state index in [-0.39, 0.29) is 23.5 Å². The van der Waals surface area contributed by atoms with Crippen LogP contribution in [0.1, 0.15) is 60.0 Å². The van der Waals surface area contributed by atoms with Gasteiger partial charge in [0, 0.05) is 37.3 Å². The van der Waals surface area contributed by atoms with Gasteiger partial charge in [0.05, 0.1) is 12.4 Å². The number of piperidine rings is 1. The summed E-state index contributed by atoms with van der Waals surface area (Å²) < 4.78 is 26.7. The van der Waals surface area contributed by atoms with Crippen molar-refractivity contribution in [2.24, 2.45) is 0 Å². The van der Waals surface area contributed by atoms with Crippen molar-refractivity contribution in [3.63, 3.8) is 0 Å². The molecular formula is C24H24FN5O3. The second-order valence-electron chi connectivity index (χ2n) is 8.14. The van der Waals surface area contributed by atoms with Gasteiger partial charge in [-0.15, -0.1) is 0 Å². The molecule has 1 aliphatic rings. The predicted molar refractivity (Wildman–Crippen MR) is 117 cm³/mol. The largest absolute Gasteiger partial charge is 0.443 e. The van der Waals surface area contributed by atoms with E-state index in [1.807, 2.05) is 19.2 Å². The first-order valence-electron chi connectivity index (χ1n) is 11.1. The smallest absolute Gasteiger partial charge is 0.293 e. The molecule has 170 valence electrons. The highest BCUT2D eigenvalue weighted by molar-refractivity contribution is 5.92. The summed E-state index contributed by atoms with van der Waals surface area (Å²) in [5, 5.41) is 8.30. The van der Waals surface area contributed by atoms with E-state index in [4.69, 9.17) is 8.94 Å². The fourth-order valence-corrected chi connectivity index (χ4v) is 4.16. The monoisotopic (exact) mass is 449 g/mol. The van der Waals surface area contributed by atoms with Gasteiger partial charge < -0.3 is 13.8 Å². The van der Waals surface area contributed by atoms with Crippen LogP contribution in [0.25, 0.3) is 11.3 Å². The van der Waals surface area contributed by atoms with Crippen molar-refractivity contribution in [2.45, 2.75) is 45.2 Å². The summed E-state index contributed by atoms with van der Waals surface area (Å²) in [6.45, 7) is 3.32. The van der Waals surface area contributed by atoms with Gasteiger partial charge in [0.15, 0.2) is 0 Å². The zero-order valence-corrected chi connectivity index (χ0v) is 18.3. The number of aryl methyl sites for hydroxylation is 1. The molecule has 0 bridgehead atoms. The Kier molecular flexibility index (Phi) is 5.77. The molecule has 1 aliphatic heterocycles. The van der Waals surface area contributed by atoms with Crippen molar-refractivity contribution >= 4 is 5.91 Å². The number of nitrogens with zero attached hydrogens (tertiary/aromatic N) is 5. The van der Waals surface area contributed by atoms with Gasteiger partial charge in [0.25, 0.3) is 5.91 Å². The van der Waals surface area contributed by atoms with Crippen LogP contribution in [0.2, 0.25) is 0 Å². The maximum atomic E-state index is 13.5. The van der Waals surface area contributed by atoms with Crippen LogP contribution in [0.15, 0.2) is 57.9 Å². The van der Waals surface area contributed by atoms with Crippen LogP contribution in [-0.2, 0) is 13.0 Å². The van der Waals surface area contributed by atoms with Gasteiger partial charge in [-0.1, -0.05) is 17.3 Å². The highest BCUT2D eigenvalue weighted by Crippen LogP contribution is 2.33. The summed E-state index contributed by atoms with van der Waals surface area (Å²) in [5.41, 5.74) is 2.17. The number of hydrogen-bond donors (Lipinski definition) is 0. The van der Waals surface area contributed by atoms with E-state index < -0.39 is 0 Å². The van der Waals surface area contributed by atoms with Crippen LogP contribution in [0.3, 0.4) is 0 Å². The van der Waals surface area contributed by atoms with Gasteiger partial charge in [-0.25, -0.2) is 9.37 Å². The molecule has 0 aliphatic carbocycles. The summed E-state index contributed by atoms with van der Waals surface area (Å²) in [6.07, 6.45) is 8.25. The number of oxazole rings is 1. The van der Waals surface area contributed by atoms with Crippen LogP contribution < -0.4 is 0 Å². The lowest BCUT2D eigenvalue weighted by atomic mass is 10.0. The Morgan fingerprint density at radius 2 is 2.15 bits per heavy atom. The van der Waals surface area contributed by atoms with Crippen LogP contribution in [0.5, 0.6) is 0 Å². The Morgan fingerprint density at radius 3 is 2.97 bits per heavy atom. The van der Waals surface area contributed by atoms with E-state index in [0.29, 0.717) is 30.3 Å². The topological polar surface area (TPSA) is 90.2 Å². The fourth-order valence-electron chi connectivity index (χ4n) is 4.16. The third-order valence-corrected chi connectivity index (χ3v) is 5.86. The summed E-state index contributed by atoms with van der Waals surface area (Å²) in [7, 11) is 0. The molecule has 9 heteroatoms. The molecule has 1 amide bonds. The Balaban J connectivity index is 1.34. The Hall–Kier alpha value is -3.75. The summed E-state index contributed by atoms with van der Waals surface area (Å²) in [6, 6.07) is 7.76. The Labute approximate surface area is 190 Å². The molecule has 0 unspecified atom stereocenters. The first-order valence-corrected chi connectivity index (χ1v) is 11.1. The highest BCUT2D eigenvalue weighted by Gasteiger charge is 2.34. The average molecular weight is 449 g/mol. The molecule has 0 N–H and O–H groups in total. The molecule has 5 rings (SSSR count). The average Bonchev–Trinajstić information content (AvgIpc) is 3.59. The first kappa shape index (κ1) is 21.1. The molecular weight excluding hydrogens is 425 g/mol. The van der Waals surface area contributed by atoms with Crippen LogP contribution in [0, 0.1) is 5.82 Å². The third kappa shape index (κ3) is 4.44. The number of rotatable bonds is 6. The second kappa shape index (κ2) is 9.01. The van der Waals surface area contributed by atoms with Gasteiger partial charge in [-0.3, -0.25) is 9.48 Å². The zero-order chi connectivity index (χ0) is 22.8. The minimum absolute atomic E-state index is 0.174. The van der Waals surface area contributed by atoms with Crippen molar-refractivity contribution in [2.75, 3.05) is 6.54 Å². The Morgan fingerprint density at radius 1 is 1.24 bits per heavy atom. The maximum Gasteiger partial charge on any atom is 0.293 e. The quantitative estimate of drug-likeness (QED) is 0.426. The van der Waals surface area contributed by atoms with Crippen molar-refractivity contribution < 1.29 is 18.1 Å². The van der Waals surface area contributed by atoms with E-state index in [0.717, 1.165) is 36.9 Å². The number of amides is 1. The number of benzene rings is 1. The van der Waals surface area contributed by atoms with Crippen LogP contribution in [-0.4, -0.2) is 37.3 Å². The standard InChI is InChI=1S/C24H24FN5O3/c1-2-29-15-17(13-27-29)20-12-22(33-28-20)24(31)30-9-4-3-8-21(30)23-26-14-19(32-23)11-16-6-5-7-18(25)10-16/h5-7,10,12-15,21H,2-4,8-9,11H2,1H3/t21-/m1/s1. The number of likely N-dealkylation sites (tertiary alicyclic amines) is 1. The fraction of sp³-hybridized carbons (Fsp3) is 0.333. The zero-order valence-electron chi connectivity index (χ0n) is 18.3. The minimum atomic E-state index is -0.288. The number of halogens is 1. The molecule has 8 nitrogen and oxygen atoms in total. The minimum Gasteiger partial charge on any atom is -0.443 e. The van der Waals surface area contributed by atoms with Gasteiger partial charge in [0.2, 0.25) is 11.7 Å². The maximum absolute atomic E-state index is 13.5. The van der Waals surface area contributed by atoms with Crippen LogP contribution in [0.4, 0.5) is 4.39 Å². The molecule has 1 atom stereocenters. The lowest BCUT2D eigenvalue weighted by Crippen LogP contribution is -2.38. The number of aromatic nitrogens is 4. The molecule has 4 aromatic rings. The lowest BCUT2D eigenvalue weighted by molar-refractivity contribution is 0.0528. The molecule has 1 fully saturated rings. The highest BCUT2D eigenvalue weighted by atomic mass is 19.1. The van der Waals surface area contributed by atoms with E-state index in [1.54, 1.807) is 34.1 Å². The van der Waals surface area contributed by atoms with E-state index in [2.05, 4.69) is 15.2 Å². The van der Waals surface area contributed by atoms with E-state index >= 15 is 0 Å². The van der Waals surface area contributed by atoms with Gasteiger partial charge in [0.1, 0.15) is 23.3 Å². The SMILES string of the molecule is CCn1cc(-c2cc(C(=O)N3CCCC[C@@H]3c3ncc(Cc4cccc(F)c4)o3)on2)cn1. The van der Waals surface area contributed by atoms with Gasteiger partial charge in [-0.2, -0.15) is 5.10 Å². The van der Waals surface area contributed by atoms with Gasteiger partial charge >= 0.3 is 0 Å². The van der Waals surface area contributed by atoms with Crippen molar-refractivity contribution in [1.29, 1.82) is 0 Å². The molecule has 4 heterocycles. The number of carbonyl (C=O) groups is 1. The predicted octanol–water partition coefficient (Wildman–Crippen LogP) is 4.64. The van der Waals surface area contributed by atoms with Crippen molar-refractivity contribution in [1.82, 2.24) is 24.8 Å². The molecule has 1 saturated heterocycles. The Bertz CT molecular complexity index is 1260. The summed E-state index contributed by atoms with van der Waals surface area (Å²) in [4.78, 5) is 19.5. The molecule has 1 aromatic carbocycles. The normalized spacial score (nSPS) is 16.3. The number of hydrogen-bond acceptors (Lipinski definition) is 6. The molecule has 0 spiro atoms. The second-order valence-corrected chi connectivity index (χ2v) is 8.14. The lowest BCUT2D eigenvalue weighted by Gasteiger charge is -2.32.